The number of rotatable bonds is 5. The number of pyridine rings is 1. The van der Waals surface area contributed by atoms with Crippen molar-refractivity contribution in [3.8, 4) is 5.75 Å². The largest absolute Gasteiger partial charge is 0.497 e. The van der Waals surface area contributed by atoms with Gasteiger partial charge < -0.3 is 15.4 Å². The molecule has 1 aromatic heterocycles. The van der Waals surface area contributed by atoms with Crippen molar-refractivity contribution in [3.05, 3.63) is 54.1 Å². The summed E-state index contributed by atoms with van der Waals surface area (Å²) in [6.45, 7) is 5.33. The summed E-state index contributed by atoms with van der Waals surface area (Å²) in [5.41, 5.74) is 2.43. The minimum atomic E-state index is -0.304. The third kappa shape index (κ3) is 3.51. The number of anilines is 1. The van der Waals surface area contributed by atoms with Gasteiger partial charge in [-0.2, -0.15) is 0 Å². The number of carbonyl (C=O) groups is 1. The summed E-state index contributed by atoms with van der Waals surface area (Å²) in [5.74, 6) is 0.483. The van der Waals surface area contributed by atoms with E-state index in [-0.39, 0.29) is 12.1 Å². The minimum absolute atomic E-state index is 0.247. The molecule has 0 spiro atoms. The molecule has 128 valence electrons. The zero-order valence-electron chi connectivity index (χ0n) is 14.0. The Morgan fingerprint density at radius 1 is 1.24 bits per heavy atom. The van der Waals surface area contributed by atoms with Gasteiger partial charge in [0.25, 0.3) is 0 Å². The van der Waals surface area contributed by atoms with Gasteiger partial charge in [0.05, 0.1) is 30.0 Å². The van der Waals surface area contributed by atoms with Gasteiger partial charge in [0.2, 0.25) is 5.91 Å². The molecule has 0 saturated heterocycles. The Balaban J connectivity index is 2.19. The van der Waals surface area contributed by atoms with Crippen molar-refractivity contribution in [2.75, 3.05) is 12.4 Å². The van der Waals surface area contributed by atoms with Gasteiger partial charge in [-0.3, -0.25) is 4.79 Å². The maximum atomic E-state index is 11.6. The number of benzene rings is 2. The maximum absolute atomic E-state index is 11.6. The summed E-state index contributed by atoms with van der Waals surface area (Å²) in [7, 11) is 1.62. The molecule has 2 aromatic carbocycles. The van der Waals surface area contributed by atoms with E-state index in [1.54, 1.807) is 7.11 Å². The van der Waals surface area contributed by atoms with Gasteiger partial charge in [-0.25, -0.2) is 4.98 Å². The van der Waals surface area contributed by atoms with Gasteiger partial charge in [-0.15, -0.1) is 0 Å². The first-order valence-electron chi connectivity index (χ1n) is 7.78. The quantitative estimate of drug-likeness (QED) is 0.410. The highest BCUT2D eigenvalue weighted by atomic mass is 35.5. The summed E-state index contributed by atoms with van der Waals surface area (Å²) < 4.78 is 5.34. The highest BCUT2D eigenvalue weighted by molar-refractivity contribution is 6.31. The molecule has 1 atom stereocenters. The van der Waals surface area contributed by atoms with Crippen LogP contribution in [0, 0.1) is 0 Å². The van der Waals surface area contributed by atoms with Crippen molar-refractivity contribution < 1.29 is 9.53 Å². The van der Waals surface area contributed by atoms with Crippen LogP contribution in [-0.4, -0.2) is 24.2 Å². The Morgan fingerprint density at radius 3 is 2.76 bits per heavy atom. The fraction of sp³-hybridized carbons (Fsp3) is 0.158. The van der Waals surface area contributed by atoms with Crippen molar-refractivity contribution in [1.82, 2.24) is 10.3 Å². The number of hydrogen-bond donors (Lipinski definition) is 2. The Morgan fingerprint density at radius 2 is 2.04 bits per heavy atom. The normalized spacial score (nSPS) is 12.0. The number of carbonyl (C=O) groups excluding carboxylic acids is 1. The van der Waals surface area contributed by atoms with Crippen LogP contribution in [0.15, 0.2) is 49.1 Å². The van der Waals surface area contributed by atoms with E-state index in [4.69, 9.17) is 16.3 Å². The van der Waals surface area contributed by atoms with Crippen LogP contribution in [0.4, 0.5) is 5.69 Å². The molecule has 0 aliphatic rings. The summed E-state index contributed by atoms with van der Waals surface area (Å²) >= 11 is 6.11. The Bertz CT molecular complexity index is 972. The molecule has 25 heavy (non-hydrogen) atoms. The molecule has 0 radical (unpaired) electrons. The lowest BCUT2D eigenvalue weighted by atomic mass is 10.1. The number of fused-ring (bicyclic) bond motifs is 2. The van der Waals surface area contributed by atoms with Crippen LogP contribution in [0.3, 0.4) is 0 Å². The van der Waals surface area contributed by atoms with Gasteiger partial charge in [-0.1, -0.05) is 18.2 Å². The zero-order chi connectivity index (χ0) is 18.0. The lowest BCUT2D eigenvalue weighted by molar-refractivity contribution is -0.116. The first kappa shape index (κ1) is 17.0. The number of nitrogens with one attached hydrogen (secondary N) is 2. The maximum Gasteiger partial charge on any atom is 0.244 e. The number of hydrogen-bond acceptors (Lipinski definition) is 4. The van der Waals surface area contributed by atoms with Crippen LogP contribution in [0.5, 0.6) is 5.75 Å². The van der Waals surface area contributed by atoms with Gasteiger partial charge in [0.1, 0.15) is 5.75 Å². The number of halogens is 1. The standard InChI is InChI=1S/C19H18ClN3O2/c1-4-18(24)21-11(2)22-19-14-7-5-12(20)9-17(14)23-16-8-6-13(25-3)10-15(16)19/h4-11H,1H2,2-3H3,(H,21,24)(H,22,23). The highest BCUT2D eigenvalue weighted by Gasteiger charge is 2.13. The fourth-order valence-electron chi connectivity index (χ4n) is 2.70. The predicted molar refractivity (Wildman–Crippen MR) is 102 cm³/mol. The number of nitrogens with zero attached hydrogens (tertiary/aromatic N) is 1. The van der Waals surface area contributed by atoms with Gasteiger partial charge in [0.15, 0.2) is 0 Å². The van der Waals surface area contributed by atoms with Gasteiger partial charge in [0, 0.05) is 15.8 Å². The van der Waals surface area contributed by atoms with Crippen molar-refractivity contribution in [2.24, 2.45) is 0 Å². The predicted octanol–water partition coefficient (Wildman–Crippen LogP) is 4.11. The van der Waals surface area contributed by atoms with E-state index in [1.807, 2.05) is 43.3 Å². The second kappa shape index (κ2) is 6.99. The molecular weight excluding hydrogens is 338 g/mol. The number of ether oxygens (including phenoxy) is 1. The van der Waals surface area contributed by atoms with Crippen molar-refractivity contribution in [1.29, 1.82) is 0 Å². The first-order valence-corrected chi connectivity index (χ1v) is 8.16. The molecule has 1 heterocycles. The SMILES string of the molecule is C=CC(=O)NC(C)Nc1c2ccc(Cl)cc2nc2ccc(OC)cc12. The van der Waals surface area contributed by atoms with E-state index in [0.29, 0.717) is 5.02 Å². The Kier molecular flexibility index (Phi) is 4.76. The molecular formula is C19H18ClN3O2. The highest BCUT2D eigenvalue weighted by Crippen LogP contribution is 2.34. The molecule has 1 unspecified atom stereocenters. The molecule has 0 saturated carbocycles. The van der Waals surface area contributed by atoms with Crippen molar-refractivity contribution >= 4 is 45.0 Å². The first-order chi connectivity index (χ1) is 12.0. The third-order valence-corrected chi connectivity index (χ3v) is 4.08. The second-order valence-electron chi connectivity index (χ2n) is 5.61. The molecule has 3 aromatic rings. The lowest BCUT2D eigenvalue weighted by Crippen LogP contribution is -2.37. The molecule has 0 aliphatic carbocycles. The Hall–Kier alpha value is -2.79. The van der Waals surface area contributed by atoms with Crippen LogP contribution >= 0.6 is 11.6 Å². The van der Waals surface area contributed by atoms with E-state index < -0.39 is 0 Å². The number of amides is 1. The van der Waals surface area contributed by atoms with Crippen LogP contribution in [-0.2, 0) is 4.79 Å². The van der Waals surface area contributed by atoms with E-state index in [1.165, 1.54) is 6.08 Å². The monoisotopic (exact) mass is 355 g/mol. The number of aromatic nitrogens is 1. The van der Waals surface area contributed by atoms with Crippen molar-refractivity contribution in [3.63, 3.8) is 0 Å². The Labute approximate surface area is 150 Å². The van der Waals surface area contributed by atoms with E-state index in [2.05, 4.69) is 22.2 Å². The average Bonchev–Trinajstić information content (AvgIpc) is 2.60. The topological polar surface area (TPSA) is 63.2 Å². The molecule has 5 nitrogen and oxygen atoms in total. The van der Waals surface area contributed by atoms with Crippen LogP contribution in [0.2, 0.25) is 5.02 Å². The van der Waals surface area contributed by atoms with Gasteiger partial charge in [-0.05, 0) is 49.4 Å². The molecule has 0 fully saturated rings. The molecule has 0 bridgehead atoms. The fourth-order valence-corrected chi connectivity index (χ4v) is 2.87. The summed E-state index contributed by atoms with van der Waals surface area (Å²) in [4.78, 5) is 16.2. The van der Waals surface area contributed by atoms with Crippen molar-refractivity contribution in [2.45, 2.75) is 13.1 Å². The molecule has 1 amide bonds. The van der Waals surface area contributed by atoms with E-state index in [9.17, 15) is 4.79 Å². The summed E-state index contributed by atoms with van der Waals surface area (Å²) in [6.07, 6.45) is 0.935. The third-order valence-electron chi connectivity index (χ3n) is 3.85. The van der Waals surface area contributed by atoms with Crippen LogP contribution in [0.25, 0.3) is 21.8 Å². The molecule has 3 rings (SSSR count). The summed E-state index contributed by atoms with van der Waals surface area (Å²) in [6, 6.07) is 11.2. The van der Waals surface area contributed by atoms with Crippen LogP contribution < -0.4 is 15.4 Å². The molecule has 0 aliphatic heterocycles. The minimum Gasteiger partial charge on any atom is -0.497 e. The second-order valence-corrected chi connectivity index (χ2v) is 6.05. The molecule has 2 N–H and O–H groups in total. The van der Waals surface area contributed by atoms with E-state index in [0.717, 1.165) is 33.2 Å². The lowest BCUT2D eigenvalue weighted by Gasteiger charge is -2.19. The van der Waals surface area contributed by atoms with Gasteiger partial charge >= 0.3 is 0 Å². The van der Waals surface area contributed by atoms with E-state index >= 15 is 0 Å². The summed E-state index contributed by atoms with van der Waals surface area (Å²) in [5, 5.41) is 8.57. The zero-order valence-corrected chi connectivity index (χ0v) is 14.7. The number of methoxy groups -OCH3 is 1. The average molecular weight is 356 g/mol. The van der Waals surface area contributed by atoms with Crippen LogP contribution in [0.1, 0.15) is 6.92 Å². The molecule has 6 heteroatoms. The smallest absolute Gasteiger partial charge is 0.244 e.